The zero-order chi connectivity index (χ0) is 12.1. The maximum atomic E-state index is 6.09. The standard InChI is InChI=1S/C15H11N3/c16-14-9-10-5-1-2-6-11(10)15-12-7-3-4-8-13(12)17-18(14)15/h1-9H,16H2. The Hall–Kier alpha value is -2.55. The summed E-state index contributed by atoms with van der Waals surface area (Å²) in [5.74, 6) is 0.667. The van der Waals surface area contributed by atoms with Gasteiger partial charge in [0, 0.05) is 10.8 Å². The fraction of sp³-hybridized carbons (Fsp3) is 0. The minimum atomic E-state index is 0.667. The van der Waals surface area contributed by atoms with Gasteiger partial charge in [0.05, 0.1) is 11.0 Å². The number of anilines is 1. The molecule has 0 unspecified atom stereocenters. The van der Waals surface area contributed by atoms with Crippen molar-refractivity contribution in [1.29, 1.82) is 0 Å². The highest BCUT2D eigenvalue weighted by atomic mass is 15.3. The molecule has 0 atom stereocenters. The Morgan fingerprint density at radius 1 is 0.889 bits per heavy atom. The highest BCUT2D eigenvalue weighted by molar-refractivity contribution is 6.10. The average molecular weight is 233 g/mol. The molecule has 0 aliphatic heterocycles. The minimum Gasteiger partial charge on any atom is -0.384 e. The number of hydrogen-bond donors (Lipinski definition) is 1. The van der Waals surface area contributed by atoms with Crippen LogP contribution in [0.2, 0.25) is 0 Å². The molecule has 3 heteroatoms. The lowest BCUT2D eigenvalue weighted by Crippen LogP contribution is -1.98. The molecule has 2 heterocycles. The van der Waals surface area contributed by atoms with E-state index in [-0.39, 0.29) is 0 Å². The molecule has 0 saturated heterocycles. The van der Waals surface area contributed by atoms with Crippen LogP contribution in [0.3, 0.4) is 0 Å². The van der Waals surface area contributed by atoms with E-state index in [0.29, 0.717) is 5.82 Å². The van der Waals surface area contributed by atoms with Gasteiger partial charge >= 0.3 is 0 Å². The topological polar surface area (TPSA) is 43.3 Å². The maximum absolute atomic E-state index is 6.09. The molecule has 0 aliphatic rings. The molecular formula is C15H11N3. The highest BCUT2D eigenvalue weighted by Crippen LogP contribution is 2.29. The SMILES string of the molecule is Nc1cc2ccccc2c2c3ccccc3nn12. The first-order valence-corrected chi connectivity index (χ1v) is 5.89. The van der Waals surface area contributed by atoms with Crippen LogP contribution in [0.25, 0.3) is 27.2 Å². The summed E-state index contributed by atoms with van der Waals surface area (Å²) < 4.78 is 1.83. The van der Waals surface area contributed by atoms with Gasteiger partial charge in [0.1, 0.15) is 5.82 Å². The molecule has 3 nitrogen and oxygen atoms in total. The van der Waals surface area contributed by atoms with Gasteiger partial charge in [-0.05, 0) is 17.5 Å². The molecule has 0 spiro atoms. The smallest absolute Gasteiger partial charge is 0.126 e. The van der Waals surface area contributed by atoms with Crippen LogP contribution in [0, 0.1) is 0 Å². The first kappa shape index (κ1) is 9.48. The van der Waals surface area contributed by atoms with Crippen LogP contribution >= 0.6 is 0 Å². The zero-order valence-corrected chi connectivity index (χ0v) is 9.67. The van der Waals surface area contributed by atoms with Gasteiger partial charge in [-0.2, -0.15) is 5.10 Å². The van der Waals surface area contributed by atoms with Crippen LogP contribution in [0.4, 0.5) is 5.82 Å². The lowest BCUT2D eigenvalue weighted by atomic mass is 10.1. The van der Waals surface area contributed by atoms with Gasteiger partial charge in [0.25, 0.3) is 0 Å². The molecule has 0 fully saturated rings. The fourth-order valence-corrected chi connectivity index (χ4v) is 2.54. The Morgan fingerprint density at radius 2 is 1.61 bits per heavy atom. The Balaban J connectivity index is 2.41. The summed E-state index contributed by atoms with van der Waals surface area (Å²) in [6, 6.07) is 18.3. The molecule has 0 amide bonds. The summed E-state index contributed by atoms with van der Waals surface area (Å²) in [5, 5.41) is 8.02. The number of rotatable bonds is 0. The van der Waals surface area contributed by atoms with Crippen LogP contribution in [0.1, 0.15) is 0 Å². The Bertz CT molecular complexity index is 890. The number of hydrogen-bond acceptors (Lipinski definition) is 2. The highest BCUT2D eigenvalue weighted by Gasteiger charge is 2.10. The van der Waals surface area contributed by atoms with E-state index in [1.165, 1.54) is 5.39 Å². The summed E-state index contributed by atoms with van der Waals surface area (Å²) in [4.78, 5) is 0. The number of nitrogens with two attached hydrogens (primary N) is 1. The lowest BCUT2D eigenvalue weighted by molar-refractivity contribution is 1.00. The van der Waals surface area contributed by atoms with Crippen LogP contribution < -0.4 is 5.73 Å². The second-order valence-electron chi connectivity index (χ2n) is 4.43. The van der Waals surface area contributed by atoms with Gasteiger partial charge in [-0.15, -0.1) is 0 Å². The predicted octanol–water partition coefficient (Wildman–Crippen LogP) is 3.22. The van der Waals surface area contributed by atoms with Crippen molar-refractivity contribution in [1.82, 2.24) is 9.61 Å². The van der Waals surface area contributed by atoms with Gasteiger partial charge in [-0.3, -0.25) is 0 Å². The second kappa shape index (κ2) is 3.23. The van der Waals surface area contributed by atoms with E-state index in [0.717, 1.165) is 21.8 Å². The monoisotopic (exact) mass is 233 g/mol. The number of benzene rings is 2. The molecule has 4 rings (SSSR count). The number of fused-ring (bicyclic) bond motifs is 5. The number of nitrogen functional groups attached to an aromatic ring is 1. The molecule has 2 aromatic heterocycles. The van der Waals surface area contributed by atoms with E-state index < -0.39 is 0 Å². The van der Waals surface area contributed by atoms with E-state index >= 15 is 0 Å². The largest absolute Gasteiger partial charge is 0.384 e. The molecule has 2 aromatic carbocycles. The van der Waals surface area contributed by atoms with Crippen LogP contribution in [0.5, 0.6) is 0 Å². The minimum absolute atomic E-state index is 0.667. The summed E-state index contributed by atoms with van der Waals surface area (Å²) in [7, 11) is 0. The molecule has 2 N–H and O–H groups in total. The molecule has 86 valence electrons. The van der Waals surface area contributed by atoms with Gasteiger partial charge in [0.15, 0.2) is 0 Å². The van der Waals surface area contributed by atoms with Gasteiger partial charge in [-0.1, -0.05) is 42.5 Å². The third kappa shape index (κ3) is 1.10. The summed E-state index contributed by atoms with van der Waals surface area (Å²) >= 11 is 0. The van der Waals surface area contributed by atoms with Gasteiger partial charge in [0.2, 0.25) is 0 Å². The molecule has 0 bridgehead atoms. The first-order valence-electron chi connectivity index (χ1n) is 5.89. The summed E-state index contributed by atoms with van der Waals surface area (Å²) in [6.07, 6.45) is 0. The zero-order valence-electron chi connectivity index (χ0n) is 9.67. The van der Waals surface area contributed by atoms with Crippen molar-refractivity contribution >= 4 is 33.0 Å². The third-order valence-corrected chi connectivity index (χ3v) is 3.34. The van der Waals surface area contributed by atoms with Crippen LogP contribution in [0.15, 0.2) is 54.6 Å². The van der Waals surface area contributed by atoms with Crippen molar-refractivity contribution in [2.75, 3.05) is 5.73 Å². The number of nitrogens with zero attached hydrogens (tertiary/aromatic N) is 2. The number of aromatic nitrogens is 2. The Morgan fingerprint density at radius 3 is 2.50 bits per heavy atom. The van der Waals surface area contributed by atoms with E-state index in [1.54, 1.807) is 0 Å². The Kier molecular flexibility index (Phi) is 1.70. The first-order chi connectivity index (χ1) is 8.84. The fourth-order valence-electron chi connectivity index (χ4n) is 2.54. The van der Waals surface area contributed by atoms with Crippen LogP contribution in [-0.2, 0) is 0 Å². The van der Waals surface area contributed by atoms with E-state index in [4.69, 9.17) is 5.73 Å². The van der Waals surface area contributed by atoms with Crippen molar-refractivity contribution < 1.29 is 0 Å². The number of pyridine rings is 1. The Labute approximate surface area is 103 Å². The maximum Gasteiger partial charge on any atom is 0.126 e. The van der Waals surface area contributed by atoms with Gasteiger partial charge in [-0.25, -0.2) is 4.52 Å². The predicted molar refractivity (Wildman–Crippen MR) is 74.6 cm³/mol. The van der Waals surface area contributed by atoms with E-state index in [9.17, 15) is 0 Å². The van der Waals surface area contributed by atoms with E-state index in [1.807, 2.05) is 40.9 Å². The third-order valence-electron chi connectivity index (χ3n) is 3.34. The van der Waals surface area contributed by atoms with Crippen molar-refractivity contribution in [3.63, 3.8) is 0 Å². The summed E-state index contributed by atoms with van der Waals surface area (Å²) in [6.45, 7) is 0. The second-order valence-corrected chi connectivity index (χ2v) is 4.43. The lowest BCUT2D eigenvalue weighted by Gasteiger charge is -2.04. The molecular weight excluding hydrogens is 222 g/mol. The van der Waals surface area contributed by atoms with E-state index in [2.05, 4.69) is 23.3 Å². The summed E-state index contributed by atoms with van der Waals surface area (Å²) in [5.41, 5.74) is 8.14. The molecule has 18 heavy (non-hydrogen) atoms. The van der Waals surface area contributed by atoms with Gasteiger partial charge < -0.3 is 5.73 Å². The molecule has 4 aromatic rings. The van der Waals surface area contributed by atoms with Crippen molar-refractivity contribution in [2.24, 2.45) is 0 Å². The molecule has 0 aliphatic carbocycles. The average Bonchev–Trinajstić information content (AvgIpc) is 2.79. The molecule has 0 radical (unpaired) electrons. The van der Waals surface area contributed by atoms with Crippen molar-refractivity contribution in [3.8, 4) is 0 Å². The normalized spacial score (nSPS) is 11.6. The molecule has 0 saturated carbocycles. The van der Waals surface area contributed by atoms with Crippen molar-refractivity contribution in [3.05, 3.63) is 54.6 Å². The van der Waals surface area contributed by atoms with Crippen LogP contribution in [-0.4, -0.2) is 9.61 Å². The van der Waals surface area contributed by atoms with Crippen molar-refractivity contribution in [2.45, 2.75) is 0 Å². The quantitative estimate of drug-likeness (QED) is 0.506.